The van der Waals surface area contributed by atoms with Gasteiger partial charge in [-0.15, -0.1) is 0 Å². The van der Waals surface area contributed by atoms with E-state index in [2.05, 4.69) is 15.5 Å². The molecule has 2 rings (SSSR count). The number of carboxylic acid groups (broad SMARTS) is 1. The fourth-order valence-corrected chi connectivity index (χ4v) is 1.62. The average molecular weight is 265 g/mol. The number of aromatic nitrogens is 2. The predicted octanol–water partition coefficient (Wildman–Crippen LogP) is 1.87. The van der Waals surface area contributed by atoms with Crippen molar-refractivity contribution in [3.63, 3.8) is 0 Å². The van der Waals surface area contributed by atoms with Gasteiger partial charge in [-0.25, -0.2) is 9.18 Å². The van der Waals surface area contributed by atoms with E-state index in [9.17, 15) is 9.18 Å². The number of carbonyl (C=O) groups is 1. The third kappa shape index (κ3) is 3.06. The van der Waals surface area contributed by atoms with Crippen molar-refractivity contribution in [2.24, 2.45) is 0 Å². The Morgan fingerprint density at radius 1 is 1.53 bits per heavy atom. The quantitative estimate of drug-likeness (QED) is 0.858. The first-order valence-electron chi connectivity index (χ1n) is 5.63. The molecule has 0 amide bonds. The van der Waals surface area contributed by atoms with Crippen LogP contribution in [0.25, 0.3) is 0 Å². The Labute approximate surface area is 108 Å². The van der Waals surface area contributed by atoms with Gasteiger partial charge in [-0.2, -0.15) is 4.98 Å². The van der Waals surface area contributed by atoms with Gasteiger partial charge in [-0.3, -0.25) is 0 Å². The number of nitrogens with one attached hydrogen (secondary N) is 1. The van der Waals surface area contributed by atoms with Gasteiger partial charge in [-0.05, 0) is 19.1 Å². The summed E-state index contributed by atoms with van der Waals surface area (Å²) in [7, 11) is 0. The Hall–Kier alpha value is -2.44. The summed E-state index contributed by atoms with van der Waals surface area (Å²) in [6.07, 6.45) is 0.383. The average Bonchev–Trinajstić information content (AvgIpc) is 2.77. The lowest BCUT2D eigenvalue weighted by Crippen LogP contribution is -2.11. The van der Waals surface area contributed by atoms with Gasteiger partial charge in [-0.1, -0.05) is 11.2 Å². The summed E-state index contributed by atoms with van der Waals surface area (Å²) in [5.74, 6) is -0.859. The van der Waals surface area contributed by atoms with Crippen molar-refractivity contribution in [1.82, 2.24) is 10.1 Å². The number of nitrogens with zero attached hydrogens (tertiary/aromatic N) is 2. The van der Waals surface area contributed by atoms with Gasteiger partial charge in [0.05, 0.1) is 11.3 Å². The molecule has 0 aliphatic carbocycles. The van der Waals surface area contributed by atoms with Gasteiger partial charge >= 0.3 is 5.97 Å². The molecule has 0 fully saturated rings. The summed E-state index contributed by atoms with van der Waals surface area (Å²) in [4.78, 5) is 15.0. The van der Waals surface area contributed by atoms with E-state index in [0.717, 1.165) is 0 Å². The van der Waals surface area contributed by atoms with Crippen molar-refractivity contribution in [3.05, 3.63) is 41.3 Å². The van der Waals surface area contributed by atoms with Gasteiger partial charge in [0, 0.05) is 13.0 Å². The van der Waals surface area contributed by atoms with Crippen molar-refractivity contribution in [2.75, 3.05) is 11.9 Å². The summed E-state index contributed by atoms with van der Waals surface area (Å²) < 4.78 is 18.5. The smallest absolute Gasteiger partial charge is 0.337 e. The lowest BCUT2D eigenvalue weighted by Gasteiger charge is -2.09. The summed E-state index contributed by atoms with van der Waals surface area (Å²) in [5, 5.41) is 15.3. The van der Waals surface area contributed by atoms with Crippen LogP contribution in [0, 0.1) is 12.7 Å². The van der Waals surface area contributed by atoms with Crippen LogP contribution in [-0.2, 0) is 6.42 Å². The van der Waals surface area contributed by atoms with Gasteiger partial charge in [0.15, 0.2) is 5.82 Å². The van der Waals surface area contributed by atoms with Crippen LogP contribution < -0.4 is 5.32 Å². The van der Waals surface area contributed by atoms with Gasteiger partial charge < -0.3 is 14.9 Å². The molecule has 2 N–H and O–H groups in total. The molecule has 0 saturated heterocycles. The molecule has 0 radical (unpaired) electrons. The van der Waals surface area contributed by atoms with Crippen molar-refractivity contribution in [1.29, 1.82) is 0 Å². The number of aromatic carboxylic acids is 1. The van der Waals surface area contributed by atoms with E-state index < -0.39 is 11.8 Å². The van der Waals surface area contributed by atoms with Crippen LogP contribution in [-0.4, -0.2) is 27.8 Å². The highest BCUT2D eigenvalue weighted by Gasteiger charge is 2.14. The fourth-order valence-electron chi connectivity index (χ4n) is 1.62. The molecule has 19 heavy (non-hydrogen) atoms. The van der Waals surface area contributed by atoms with E-state index in [-0.39, 0.29) is 11.3 Å². The zero-order valence-electron chi connectivity index (χ0n) is 10.2. The number of para-hydroxylation sites is 1. The maximum absolute atomic E-state index is 13.6. The second-order valence-electron chi connectivity index (χ2n) is 3.88. The Morgan fingerprint density at radius 3 is 2.95 bits per heavy atom. The monoisotopic (exact) mass is 265 g/mol. The topological polar surface area (TPSA) is 88.2 Å². The second-order valence-corrected chi connectivity index (χ2v) is 3.88. The van der Waals surface area contributed by atoms with Crippen molar-refractivity contribution in [2.45, 2.75) is 13.3 Å². The molecule has 0 aliphatic rings. The largest absolute Gasteiger partial charge is 0.478 e. The van der Waals surface area contributed by atoms with Gasteiger partial charge in [0.2, 0.25) is 5.89 Å². The van der Waals surface area contributed by atoms with E-state index in [4.69, 9.17) is 9.63 Å². The Morgan fingerprint density at radius 2 is 2.32 bits per heavy atom. The van der Waals surface area contributed by atoms with Crippen molar-refractivity contribution < 1.29 is 18.8 Å². The number of hydrogen-bond donors (Lipinski definition) is 2. The zero-order chi connectivity index (χ0) is 13.8. The minimum atomic E-state index is -1.18. The number of carboxylic acids is 1. The van der Waals surface area contributed by atoms with E-state index in [1.54, 1.807) is 6.92 Å². The molecule has 2 aromatic rings. The van der Waals surface area contributed by atoms with Crippen LogP contribution >= 0.6 is 0 Å². The number of anilines is 1. The molecule has 0 unspecified atom stereocenters. The normalized spacial score (nSPS) is 10.4. The van der Waals surface area contributed by atoms with Crippen LogP contribution in [0.4, 0.5) is 10.1 Å². The molecule has 100 valence electrons. The molecule has 0 saturated carbocycles. The zero-order valence-corrected chi connectivity index (χ0v) is 10.2. The number of benzene rings is 1. The molecule has 1 aromatic heterocycles. The molecule has 0 aliphatic heterocycles. The summed E-state index contributed by atoms with van der Waals surface area (Å²) in [6, 6.07) is 3.89. The first-order valence-corrected chi connectivity index (χ1v) is 5.63. The van der Waals surface area contributed by atoms with Crippen LogP contribution in [0.5, 0.6) is 0 Å². The summed E-state index contributed by atoms with van der Waals surface area (Å²) >= 11 is 0. The highest BCUT2D eigenvalue weighted by molar-refractivity contribution is 5.94. The van der Waals surface area contributed by atoms with Crippen LogP contribution in [0.1, 0.15) is 22.1 Å². The maximum atomic E-state index is 13.6. The summed E-state index contributed by atoms with van der Waals surface area (Å²) in [6.45, 7) is 1.99. The van der Waals surface area contributed by atoms with Crippen LogP contribution in [0.15, 0.2) is 22.7 Å². The minimum absolute atomic E-state index is 0.0359. The lowest BCUT2D eigenvalue weighted by atomic mass is 10.1. The lowest BCUT2D eigenvalue weighted by molar-refractivity contribution is 0.0697. The molecule has 0 atom stereocenters. The Balaban J connectivity index is 2.05. The van der Waals surface area contributed by atoms with E-state index in [1.165, 1.54) is 18.2 Å². The molecular formula is C12H12FN3O3. The second kappa shape index (κ2) is 5.47. The highest BCUT2D eigenvalue weighted by atomic mass is 19.1. The Kier molecular flexibility index (Phi) is 3.74. The number of rotatable bonds is 5. The van der Waals surface area contributed by atoms with Crippen molar-refractivity contribution in [3.8, 4) is 0 Å². The Bertz CT molecular complexity index is 598. The molecule has 0 bridgehead atoms. The van der Waals surface area contributed by atoms with Crippen molar-refractivity contribution >= 4 is 11.7 Å². The first-order chi connectivity index (χ1) is 9.08. The first kappa shape index (κ1) is 13.0. The third-order valence-electron chi connectivity index (χ3n) is 2.45. The molecule has 1 heterocycles. The SMILES string of the molecule is Cc1noc(CCNc2c(F)cccc2C(=O)O)n1. The molecule has 0 spiro atoms. The van der Waals surface area contributed by atoms with Crippen LogP contribution in [0.3, 0.4) is 0 Å². The molecule has 1 aromatic carbocycles. The molecule has 7 heteroatoms. The van der Waals surface area contributed by atoms with E-state index in [1.807, 2.05) is 0 Å². The minimum Gasteiger partial charge on any atom is -0.478 e. The standard InChI is InChI=1S/C12H12FN3O3/c1-7-15-10(19-16-7)5-6-14-11-8(12(17)18)3-2-4-9(11)13/h2-4,14H,5-6H2,1H3,(H,17,18). The number of hydrogen-bond acceptors (Lipinski definition) is 5. The maximum Gasteiger partial charge on any atom is 0.337 e. The predicted molar refractivity (Wildman–Crippen MR) is 64.6 cm³/mol. The fraction of sp³-hybridized carbons (Fsp3) is 0.250. The summed E-state index contributed by atoms with van der Waals surface area (Å²) in [5.41, 5.74) is -0.145. The third-order valence-corrected chi connectivity index (χ3v) is 2.45. The highest BCUT2D eigenvalue weighted by Crippen LogP contribution is 2.19. The van der Waals surface area contributed by atoms with E-state index in [0.29, 0.717) is 24.7 Å². The van der Waals surface area contributed by atoms with Gasteiger partial charge in [0.25, 0.3) is 0 Å². The number of aryl methyl sites for hydroxylation is 1. The molecule has 6 nitrogen and oxygen atoms in total. The van der Waals surface area contributed by atoms with Gasteiger partial charge in [0.1, 0.15) is 5.82 Å². The van der Waals surface area contributed by atoms with Crippen LogP contribution in [0.2, 0.25) is 0 Å². The van der Waals surface area contributed by atoms with E-state index >= 15 is 0 Å². The molecular weight excluding hydrogens is 253 g/mol. The number of halogens is 1.